The normalized spacial score (nSPS) is 12.0. The Morgan fingerprint density at radius 2 is 1.95 bits per heavy atom. The molecule has 116 valence electrons. The van der Waals surface area contributed by atoms with Crippen LogP contribution in [0.5, 0.6) is 0 Å². The molecule has 1 aromatic heterocycles. The number of rotatable bonds is 5. The van der Waals surface area contributed by atoms with Crippen LogP contribution >= 0.6 is 34.8 Å². The molecule has 7 heteroatoms. The average molecular weight is 360 g/mol. The molecule has 2 rings (SSSR count). The smallest absolute Gasteiger partial charge is 0.254 e. The maximum Gasteiger partial charge on any atom is 0.254 e. The standard InChI is InChI=1S/C15H13Cl3N2O2/c1-22-13(9-5-10(16)7-11(17)6-9)8-20-15(21)12-3-2-4-19-14(12)18/h2-7,13H,8H2,1H3,(H,20,21)/t13-/m1/s1. The minimum absolute atomic E-state index is 0.153. The molecule has 22 heavy (non-hydrogen) atoms. The van der Waals surface area contributed by atoms with Crippen LogP contribution in [0.25, 0.3) is 0 Å². The summed E-state index contributed by atoms with van der Waals surface area (Å²) in [4.78, 5) is 16.0. The number of nitrogens with zero attached hydrogens (tertiary/aromatic N) is 1. The van der Waals surface area contributed by atoms with Crippen molar-refractivity contribution in [2.75, 3.05) is 13.7 Å². The molecular weight excluding hydrogens is 347 g/mol. The molecule has 1 heterocycles. The fraction of sp³-hybridized carbons (Fsp3) is 0.200. The van der Waals surface area contributed by atoms with Gasteiger partial charge in [-0.1, -0.05) is 34.8 Å². The molecule has 2 aromatic rings. The first-order valence-corrected chi connectivity index (χ1v) is 7.52. The van der Waals surface area contributed by atoms with Gasteiger partial charge in [0, 0.05) is 29.9 Å². The molecule has 0 fully saturated rings. The van der Waals surface area contributed by atoms with Crippen molar-refractivity contribution in [3.05, 3.63) is 62.9 Å². The number of hydrogen-bond donors (Lipinski definition) is 1. The zero-order valence-electron chi connectivity index (χ0n) is 11.6. The average Bonchev–Trinajstić information content (AvgIpc) is 2.47. The highest BCUT2D eigenvalue weighted by molar-refractivity contribution is 6.34. The van der Waals surface area contributed by atoms with Gasteiger partial charge in [0.05, 0.1) is 11.7 Å². The molecule has 0 unspecified atom stereocenters. The lowest BCUT2D eigenvalue weighted by Gasteiger charge is -2.17. The van der Waals surface area contributed by atoms with Gasteiger partial charge in [0.25, 0.3) is 5.91 Å². The van der Waals surface area contributed by atoms with Gasteiger partial charge in [0.2, 0.25) is 0 Å². The third-order valence-electron chi connectivity index (χ3n) is 2.99. The Morgan fingerprint density at radius 3 is 2.55 bits per heavy atom. The van der Waals surface area contributed by atoms with E-state index in [0.29, 0.717) is 15.6 Å². The lowest BCUT2D eigenvalue weighted by atomic mass is 10.1. The van der Waals surface area contributed by atoms with Crippen LogP contribution in [-0.2, 0) is 4.74 Å². The number of halogens is 3. The largest absolute Gasteiger partial charge is 0.375 e. The molecule has 1 N–H and O–H groups in total. The van der Waals surface area contributed by atoms with E-state index in [0.717, 1.165) is 5.56 Å². The molecule has 1 aromatic carbocycles. The lowest BCUT2D eigenvalue weighted by Crippen LogP contribution is -2.29. The quantitative estimate of drug-likeness (QED) is 0.816. The number of methoxy groups -OCH3 is 1. The van der Waals surface area contributed by atoms with Crippen LogP contribution in [-0.4, -0.2) is 24.5 Å². The van der Waals surface area contributed by atoms with E-state index >= 15 is 0 Å². The first kappa shape index (κ1) is 17.0. The summed E-state index contributed by atoms with van der Waals surface area (Å²) in [7, 11) is 1.54. The van der Waals surface area contributed by atoms with E-state index in [9.17, 15) is 4.79 Å². The minimum Gasteiger partial charge on any atom is -0.375 e. The molecule has 0 saturated carbocycles. The van der Waals surface area contributed by atoms with E-state index in [4.69, 9.17) is 39.5 Å². The van der Waals surface area contributed by atoms with Gasteiger partial charge in [-0.2, -0.15) is 0 Å². The Labute approximate surface area is 143 Å². The Balaban J connectivity index is 2.08. The summed E-state index contributed by atoms with van der Waals surface area (Å²) in [5.41, 5.74) is 1.08. The first-order valence-electron chi connectivity index (χ1n) is 6.38. The van der Waals surface area contributed by atoms with Gasteiger partial charge >= 0.3 is 0 Å². The van der Waals surface area contributed by atoms with Gasteiger partial charge < -0.3 is 10.1 Å². The second-order valence-electron chi connectivity index (χ2n) is 4.48. The number of hydrogen-bond acceptors (Lipinski definition) is 3. The van der Waals surface area contributed by atoms with E-state index in [1.54, 1.807) is 37.4 Å². The number of ether oxygens (including phenoxy) is 1. The van der Waals surface area contributed by atoms with E-state index in [1.807, 2.05) is 0 Å². The van der Waals surface area contributed by atoms with Gasteiger partial charge in [0.15, 0.2) is 0 Å². The van der Waals surface area contributed by atoms with Crippen LogP contribution in [0.15, 0.2) is 36.5 Å². The van der Waals surface area contributed by atoms with Crippen LogP contribution in [0.4, 0.5) is 0 Å². The molecule has 1 amide bonds. The van der Waals surface area contributed by atoms with Crippen molar-refractivity contribution in [2.24, 2.45) is 0 Å². The molecule has 0 bridgehead atoms. The first-order chi connectivity index (χ1) is 10.5. The van der Waals surface area contributed by atoms with Gasteiger partial charge in [0.1, 0.15) is 5.15 Å². The van der Waals surface area contributed by atoms with Gasteiger partial charge in [-0.3, -0.25) is 4.79 Å². The maximum atomic E-state index is 12.1. The summed E-state index contributed by atoms with van der Waals surface area (Å²) >= 11 is 17.8. The molecule has 0 saturated heterocycles. The van der Waals surface area contributed by atoms with Crippen LogP contribution in [0.1, 0.15) is 22.0 Å². The van der Waals surface area contributed by atoms with Crippen molar-refractivity contribution in [1.29, 1.82) is 0 Å². The molecule has 1 atom stereocenters. The van der Waals surface area contributed by atoms with Crippen LogP contribution in [0.2, 0.25) is 15.2 Å². The van der Waals surface area contributed by atoms with Gasteiger partial charge in [-0.15, -0.1) is 0 Å². The number of carbonyl (C=O) groups is 1. The molecular formula is C15H13Cl3N2O2. The number of benzene rings is 1. The SMILES string of the molecule is CO[C@H](CNC(=O)c1cccnc1Cl)c1cc(Cl)cc(Cl)c1. The zero-order chi connectivity index (χ0) is 16.1. The minimum atomic E-state index is -0.379. The number of amides is 1. The topological polar surface area (TPSA) is 51.2 Å². The molecule has 0 radical (unpaired) electrons. The molecule has 0 aliphatic rings. The van der Waals surface area contributed by atoms with Crippen molar-refractivity contribution < 1.29 is 9.53 Å². The fourth-order valence-corrected chi connectivity index (χ4v) is 2.68. The predicted octanol–water partition coefficient (Wildman–Crippen LogP) is 4.16. The highest BCUT2D eigenvalue weighted by Crippen LogP contribution is 2.25. The van der Waals surface area contributed by atoms with E-state index in [2.05, 4.69) is 10.3 Å². The molecule has 0 aliphatic heterocycles. The predicted molar refractivity (Wildman–Crippen MR) is 87.8 cm³/mol. The van der Waals surface area contributed by atoms with Crippen LogP contribution < -0.4 is 5.32 Å². The molecule has 4 nitrogen and oxygen atoms in total. The zero-order valence-corrected chi connectivity index (χ0v) is 13.9. The van der Waals surface area contributed by atoms with Gasteiger partial charge in [-0.25, -0.2) is 4.98 Å². The summed E-state index contributed by atoms with van der Waals surface area (Å²) in [6, 6.07) is 8.36. The third kappa shape index (κ3) is 4.34. The Morgan fingerprint density at radius 1 is 1.27 bits per heavy atom. The van der Waals surface area contributed by atoms with Crippen LogP contribution in [0.3, 0.4) is 0 Å². The number of pyridine rings is 1. The summed E-state index contributed by atoms with van der Waals surface area (Å²) in [5, 5.41) is 3.92. The van der Waals surface area contributed by atoms with Crippen molar-refractivity contribution in [3.63, 3.8) is 0 Å². The summed E-state index contributed by atoms with van der Waals surface area (Å²) in [6.07, 6.45) is 1.14. The highest BCUT2D eigenvalue weighted by atomic mass is 35.5. The monoisotopic (exact) mass is 358 g/mol. The molecule has 0 aliphatic carbocycles. The highest BCUT2D eigenvalue weighted by Gasteiger charge is 2.16. The molecule has 0 spiro atoms. The van der Waals surface area contributed by atoms with Crippen molar-refractivity contribution in [1.82, 2.24) is 10.3 Å². The summed E-state index contributed by atoms with van der Waals surface area (Å²) in [6.45, 7) is 0.247. The second kappa shape index (κ2) is 7.79. The Kier molecular flexibility index (Phi) is 6.03. The summed E-state index contributed by atoms with van der Waals surface area (Å²) in [5.74, 6) is -0.326. The van der Waals surface area contributed by atoms with Crippen molar-refractivity contribution in [3.8, 4) is 0 Å². The van der Waals surface area contributed by atoms with Crippen LogP contribution in [0, 0.1) is 0 Å². The van der Waals surface area contributed by atoms with Crippen molar-refractivity contribution >= 4 is 40.7 Å². The fourth-order valence-electron chi connectivity index (χ4n) is 1.93. The Bertz CT molecular complexity index is 659. The van der Waals surface area contributed by atoms with E-state index in [1.165, 1.54) is 6.20 Å². The number of nitrogens with one attached hydrogen (secondary N) is 1. The summed E-state index contributed by atoms with van der Waals surface area (Å²) < 4.78 is 5.38. The van der Waals surface area contributed by atoms with E-state index in [-0.39, 0.29) is 23.7 Å². The lowest BCUT2D eigenvalue weighted by molar-refractivity contribution is 0.0828. The van der Waals surface area contributed by atoms with Crippen molar-refractivity contribution in [2.45, 2.75) is 6.10 Å². The van der Waals surface area contributed by atoms with Gasteiger partial charge in [-0.05, 0) is 35.9 Å². The third-order valence-corrected chi connectivity index (χ3v) is 3.73. The van der Waals surface area contributed by atoms with E-state index < -0.39 is 0 Å². The number of carbonyl (C=O) groups excluding carboxylic acids is 1. The number of aromatic nitrogens is 1. The Hall–Kier alpha value is -1.33. The second-order valence-corrected chi connectivity index (χ2v) is 5.71. The maximum absolute atomic E-state index is 12.1.